The molecule has 0 fully saturated rings. The van der Waals surface area contributed by atoms with E-state index in [0.29, 0.717) is 5.15 Å². The topological polar surface area (TPSA) is 35.0 Å². The van der Waals surface area contributed by atoms with Gasteiger partial charge in [0.1, 0.15) is 17.5 Å². The molecule has 4 heteroatoms. The number of ether oxygens (including phenoxy) is 1. The van der Waals surface area contributed by atoms with Crippen molar-refractivity contribution in [3.63, 3.8) is 0 Å². The van der Waals surface area contributed by atoms with E-state index in [1.165, 1.54) is 11.8 Å². The fourth-order valence-electron chi connectivity index (χ4n) is 1.12. The molecule has 0 radical (unpaired) electrons. The normalized spacial score (nSPS) is 11.3. The highest BCUT2D eigenvalue weighted by molar-refractivity contribution is 6.29. The van der Waals surface area contributed by atoms with Crippen LogP contribution in [0.2, 0.25) is 5.15 Å². The zero-order chi connectivity index (χ0) is 10.5. The van der Waals surface area contributed by atoms with E-state index in [1.54, 1.807) is 12.4 Å². The van der Waals surface area contributed by atoms with Crippen LogP contribution in [0.1, 0.15) is 5.56 Å². The van der Waals surface area contributed by atoms with Crippen LogP contribution >= 0.6 is 11.6 Å². The average Bonchev–Trinajstić information content (AvgIpc) is 2.22. The summed E-state index contributed by atoms with van der Waals surface area (Å²) in [5.74, 6) is 1.05. The second-order valence-corrected chi connectivity index (χ2v) is 3.31. The van der Waals surface area contributed by atoms with Crippen LogP contribution in [-0.2, 0) is 6.61 Å². The monoisotopic (exact) mass is 220 g/mol. The Morgan fingerprint density at radius 3 is 2.40 bits per heavy atom. The van der Waals surface area contributed by atoms with Crippen molar-refractivity contribution in [1.29, 1.82) is 0 Å². The van der Waals surface area contributed by atoms with Crippen LogP contribution in [0.3, 0.4) is 0 Å². The van der Waals surface area contributed by atoms with Gasteiger partial charge in [-0.2, -0.15) is 0 Å². The van der Waals surface area contributed by atoms with Gasteiger partial charge in [0.25, 0.3) is 0 Å². The molecule has 15 heavy (non-hydrogen) atoms. The van der Waals surface area contributed by atoms with Crippen LogP contribution in [0.5, 0.6) is 5.75 Å². The first-order valence-electron chi connectivity index (χ1n) is 4.48. The second kappa shape index (κ2) is 4.75. The van der Waals surface area contributed by atoms with Crippen LogP contribution in [0.25, 0.3) is 0 Å². The lowest BCUT2D eigenvalue weighted by Gasteiger charge is -2.18. The minimum absolute atomic E-state index is 0.433. The maximum atomic E-state index is 5.37. The fourth-order valence-corrected chi connectivity index (χ4v) is 1.23. The molecule has 3 rings (SSSR count). The second-order valence-electron chi connectivity index (χ2n) is 2.92. The van der Waals surface area contributed by atoms with Gasteiger partial charge in [0, 0.05) is 18.0 Å². The average molecular weight is 221 g/mol. The van der Waals surface area contributed by atoms with Crippen LogP contribution in [0, 0.1) is 0 Å². The van der Waals surface area contributed by atoms with Gasteiger partial charge in [-0.3, -0.25) is 4.98 Å². The van der Waals surface area contributed by atoms with Crippen molar-refractivity contribution in [3.8, 4) is 5.75 Å². The molecule has 0 aliphatic carbocycles. The molecule has 0 spiro atoms. The number of para-hydroxylation sites is 1. The Hall–Kier alpha value is -1.61. The van der Waals surface area contributed by atoms with Gasteiger partial charge in [0.15, 0.2) is 0 Å². The molecule has 0 N–H and O–H groups in total. The van der Waals surface area contributed by atoms with Crippen molar-refractivity contribution in [1.82, 2.24) is 9.97 Å². The molecule has 0 saturated carbocycles. The molecule has 0 saturated heterocycles. The lowest BCUT2D eigenvalue weighted by Crippen LogP contribution is -2.07. The Balaban J connectivity index is 0.000000115. The Morgan fingerprint density at radius 1 is 1.20 bits per heavy atom. The van der Waals surface area contributed by atoms with Gasteiger partial charge in [-0.25, -0.2) is 4.98 Å². The molecule has 3 nitrogen and oxygen atoms in total. The van der Waals surface area contributed by atoms with Crippen molar-refractivity contribution in [2.24, 2.45) is 0 Å². The van der Waals surface area contributed by atoms with Crippen LogP contribution in [-0.4, -0.2) is 9.97 Å². The molecule has 1 aromatic heterocycles. The van der Waals surface area contributed by atoms with E-state index in [2.05, 4.69) is 16.0 Å². The molecule has 0 amide bonds. The summed E-state index contributed by atoms with van der Waals surface area (Å²) in [5, 5.41) is 0.433. The third-order valence-electron chi connectivity index (χ3n) is 1.89. The zero-order valence-corrected chi connectivity index (χ0v) is 8.69. The summed E-state index contributed by atoms with van der Waals surface area (Å²) in [5.41, 5.74) is 1.33. The molecular weight excluding hydrogens is 212 g/mol. The van der Waals surface area contributed by atoms with Crippen molar-refractivity contribution >= 4 is 11.6 Å². The van der Waals surface area contributed by atoms with Gasteiger partial charge in [-0.1, -0.05) is 29.8 Å². The van der Waals surface area contributed by atoms with Crippen molar-refractivity contribution in [2.75, 3.05) is 0 Å². The molecule has 0 bridgehead atoms. The predicted octanol–water partition coefficient (Wildman–Crippen LogP) is 2.71. The third kappa shape index (κ3) is 2.67. The first-order chi connectivity index (χ1) is 7.36. The summed E-state index contributed by atoms with van der Waals surface area (Å²) in [6.07, 6.45) is 4.61. The Labute approximate surface area is 92.7 Å². The summed E-state index contributed by atoms with van der Waals surface area (Å²) < 4.78 is 5.08. The molecule has 76 valence electrons. The summed E-state index contributed by atoms with van der Waals surface area (Å²) in [7, 11) is 0. The van der Waals surface area contributed by atoms with Gasteiger partial charge in [0.2, 0.25) is 0 Å². The van der Waals surface area contributed by atoms with Crippen molar-refractivity contribution in [3.05, 3.63) is 53.6 Å². The Bertz CT molecular complexity index is 411. The summed E-state index contributed by atoms with van der Waals surface area (Å²) in [4.78, 5) is 7.37. The number of benzene rings is 1. The van der Waals surface area contributed by atoms with Gasteiger partial charge in [-0.15, -0.1) is 0 Å². The maximum absolute atomic E-state index is 5.37. The van der Waals surface area contributed by atoms with E-state index < -0.39 is 0 Å². The van der Waals surface area contributed by atoms with Gasteiger partial charge >= 0.3 is 0 Å². The molecule has 2 aromatic rings. The van der Waals surface area contributed by atoms with E-state index in [0.717, 1.165) is 12.4 Å². The highest BCUT2D eigenvalue weighted by atomic mass is 35.5. The first-order valence-corrected chi connectivity index (χ1v) is 4.86. The SMILES string of the molecule is Clc1cnccn1.c1ccc2c(c1)CO2. The van der Waals surface area contributed by atoms with E-state index in [1.807, 2.05) is 18.2 Å². The molecular formula is C11H9ClN2O. The number of hydrogen-bond acceptors (Lipinski definition) is 3. The first kappa shape index (κ1) is 9.93. The highest BCUT2D eigenvalue weighted by Gasteiger charge is 2.10. The quantitative estimate of drug-likeness (QED) is 0.685. The zero-order valence-electron chi connectivity index (χ0n) is 7.93. The van der Waals surface area contributed by atoms with Crippen molar-refractivity contribution < 1.29 is 4.74 Å². The molecule has 0 atom stereocenters. The fraction of sp³-hybridized carbons (Fsp3) is 0.0909. The standard InChI is InChI=1S/C7H6O.C4H3ClN2/c1-2-4-7-6(3-1)5-8-7;5-4-3-6-1-2-7-4/h1-4H,5H2;1-3H. The number of fused-ring (bicyclic) bond motifs is 1. The maximum Gasteiger partial charge on any atom is 0.147 e. The van der Waals surface area contributed by atoms with Crippen LogP contribution < -0.4 is 4.74 Å². The van der Waals surface area contributed by atoms with Gasteiger partial charge in [-0.05, 0) is 6.07 Å². The number of hydrogen-bond donors (Lipinski definition) is 0. The van der Waals surface area contributed by atoms with Crippen molar-refractivity contribution in [2.45, 2.75) is 6.61 Å². The summed E-state index contributed by atoms with van der Waals surface area (Å²) in [6.45, 7) is 0.802. The van der Waals surface area contributed by atoms with Crippen LogP contribution in [0.15, 0.2) is 42.9 Å². The molecule has 0 unspecified atom stereocenters. The third-order valence-corrected chi connectivity index (χ3v) is 2.08. The highest BCUT2D eigenvalue weighted by Crippen LogP contribution is 2.27. The summed E-state index contributed by atoms with van der Waals surface area (Å²) in [6, 6.07) is 8.08. The van der Waals surface area contributed by atoms with E-state index in [-0.39, 0.29) is 0 Å². The molecule has 1 aromatic carbocycles. The smallest absolute Gasteiger partial charge is 0.147 e. The number of rotatable bonds is 0. The van der Waals surface area contributed by atoms with E-state index in [4.69, 9.17) is 16.3 Å². The molecule has 2 heterocycles. The van der Waals surface area contributed by atoms with Crippen LogP contribution in [0.4, 0.5) is 0 Å². The number of halogens is 1. The van der Waals surface area contributed by atoms with Gasteiger partial charge in [0.05, 0.1) is 6.20 Å². The molecule has 1 aliphatic heterocycles. The number of aromatic nitrogens is 2. The lowest BCUT2D eigenvalue weighted by atomic mass is 10.1. The summed E-state index contributed by atoms with van der Waals surface area (Å²) >= 11 is 5.37. The minimum Gasteiger partial charge on any atom is -0.488 e. The van der Waals surface area contributed by atoms with Gasteiger partial charge < -0.3 is 4.74 Å². The van der Waals surface area contributed by atoms with E-state index in [9.17, 15) is 0 Å². The predicted molar refractivity (Wildman–Crippen MR) is 57.8 cm³/mol. The number of nitrogens with zero attached hydrogens (tertiary/aromatic N) is 2. The molecule has 1 aliphatic rings. The lowest BCUT2D eigenvalue weighted by molar-refractivity contribution is 0.243. The Kier molecular flexibility index (Phi) is 3.15. The largest absolute Gasteiger partial charge is 0.488 e. The Morgan fingerprint density at radius 2 is 2.07 bits per heavy atom. The minimum atomic E-state index is 0.433. The van der Waals surface area contributed by atoms with E-state index >= 15 is 0 Å².